The first-order valence-electron chi connectivity index (χ1n) is 9.15. The van der Waals surface area contributed by atoms with Crippen molar-refractivity contribution in [2.75, 3.05) is 18.9 Å². The van der Waals surface area contributed by atoms with Crippen molar-refractivity contribution in [3.8, 4) is 11.8 Å². The van der Waals surface area contributed by atoms with E-state index in [1.54, 1.807) is 0 Å². The normalized spacial score (nSPS) is 11.4. The van der Waals surface area contributed by atoms with Gasteiger partial charge in [-0.05, 0) is 57.2 Å². The van der Waals surface area contributed by atoms with E-state index in [1.165, 1.54) is 11.1 Å². The van der Waals surface area contributed by atoms with Crippen LogP contribution in [0.2, 0.25) is 0 Å². The lowest BCUT2D eigenvalue weighted by molar-refractivity contribution is 0.363. The molecule has 0 aromatic heterocycles. The number of hydrogen-bond donors (Lipinski definition) is 1. The predicted octanol–water partition coefficient (Wildman–Crippen LogP) is 5.34. The van der Waals surface area contributed by atoms with Crippen LogP contribution in [0.25, 0.3) is 0 Å². The van der Waals surface area contributed by atoms with Crippen LogP contribution in [0.1, 0.15) is 31.9 Å². The SMILES string of the molecule is CN(C/C=C/C#CC(C)(C)C)Cc1cccc(CNc2ccccc2)c1. The second kappa shape index (κ2) is 9.85. The molecule has 0 atom stereocenters. The Bertz CT molecular complexity index is 758. The quantitative estimate of drug-likeness (QED) is 0.681. The molecule has 0 aliphatic heterocycles. The molecule has 0 unspecified atom stereocenters. The van der Waals surface area contributed by atoms with Crippen molar-refractivity contribution in [2.24, 2.45) is 5.41 Å². The van der Waals surface area contributed by atoms with Crippen molar-refractivity contribution < 1.29 is 0 Å². The summed E-state index contributed by atoms with van der Waals surface area (Å²) >= 11 is 0. The maximum Gasteiger partial charge on any atom is 0.0400 e. The van der Waals surface area contributed by atoms with Gasteiger partial charge in [-0.2, -0.15) is 0 Å². The van der Waals surface area contributed by atoms with Crippen LogP contribution in [-0.2, 0) is 13.1 Å². The van der Waals surface area contributed by atoms with Crippen LogP contribution in [0.5, 0.6) is 0 Å². The van der Waals surface area contributed by atoms with Gasteiger partial charge >= 0.3 is 0 Å². The van der Waals surface area contributed by atoms with Crippen molar-refractivity contribution in [3.63, 3.8) is 0 Å². The Morgan fingerprint density at radius 1 is 1.00 bits per heavy atom. The van der Waals surface area contributed by atoms with E-state index in [0.29, 0.717) is 0 Å². The van der Waals surface area contributed by atoms with Crippen molar-refractivity contribution >= 4 is 5.69 Å². The minimum absolute atomic E-state index is 0.0600. The van der Waals surface area contributed by atoms with E-state index in [1.807, 2.05) is 24.3 Å². The summed E-state index contributed by atoms with van der Waals surface area (Å²) in [5.74, 6) is 6.34. The molecule has 2 rings (SSSR count). The molecule has 0 radical (unpaired) electrons. The van der Waals surface area contributed by atoms with Gasteiger partial charge in [0.05, 0.1) is 0 Å². The number of rotatable bonds is 7. The molecule has 2 heteroatoms. The van der Waals surface area contributed by atoms with Gasteiger partial charge in [-0.3, -0.25) is 4.90 Å². The molecule has 2 nitrogen and oxygen atoms in total. The third-order valence-corrected chi connectivity index (χ3v) is 3.78. The Balaban J connectivity index is 1.83. The lowest BCUT2D eigenvalue weighted by Gasteiger charge is -2.15. The fourth-order valence-corrected chi connectivity index (χ4v) is 2.52. The molecule has 0 saturated carbocycles. The second-order valence-corrected chi connectivity index (χ2v) is 7.66. The number of nitrogens with one attached hydrogen (secondary N) is 1. The Labute approximate surface area is 158 Å². The van der Waals surface area contributed by atoms with Crippen LogP contribution in [0, 0.1) is 17.3 Å². The summed E-state index contributed by atoms with van der Waals surface area (Å²) in [5, 5.41) is 3.46. The molecule has 0 spiro atoms. The molecule has 2 aromatic carbocycles. The van der Waals surface area contributed by atoms with Gasteiger partial charge in [-0.25, -0.2) is 0 Å². The van der Waals surface area contributed by atoms with Gasteiger partial charge in [-0.15, -0.1) is 0 Å². The van der Waals surface area contributed by atoms with Gasteiger partial charge in [0.25, 0.3) is 0 Å². The van der Waals surface area contributed by atoms with E-state index in [-0.39, 0.29) is 5.41 Å². The van der Waals surface area contributed by atoms with Gasteiger partial charge < -0.3 is 5.32 Å². The van der Waals surface area contributed by atoms with Gasteiger partial charge in [0.15, 0.2) is 0 Å². The lowest BCUT2D eigenvalue weighted by Crippen LogP contribution is -2.17. The molecular weight excluding hydrogens is 316 g/mol. The molecule has 26 heavy (non-hydrogen) atoms. The first kappa shape index (κ1) is 19.8. The molecule has 2 aromatic rings. The summed E-state index contributed by atoms with van der Waals surface area (Å²) in [6.45, 7) is 9.03. The van der Waals surface area contributed by atoms with E-state index >= 15 is 0 Å². The second-order valence-electron chi connectivity index (χ2n) is 7.66. The summed E-state index contributed by atoms with van der Waals surface area (Å²) < 4.78 is 0. The molecule has 136 valence electrons. The predicted molar refractivity (Wildman–Crippen MR) is 113 cm³/mol. The zero-order valence-corrected chi connectivity index (χ0v) is 16.4. The van der Waals surface area contributed by atoms with Crippen LogP contribution in [0.15, 0.2) is 66.7 Å². The Kier molecular flexibility index (Phi) is 7.51. The zero-order valence-electron chi connectivity index (χ0n) is 16.4. The molecule has 0 aliphatic carbocycles. The topological polar surface area (TPSA) is 15.3 Å². The summed E-state index contributed by atoms with van der Waals surface area (Å²) in [6, 6.07) is 19.1. The Morgan fingerprint density at radius 2 is 1.73 bits per heavy atom. The maximum absolute atomic E-state index is 3.46. The number of hydrogen-bond acceptors (Lipinski definition) is 2. The number of anilines is 1. The minimum atomic E-state index is 0.0600. The van der Waals surface area contributed by atoms with Crippen LogP contribution < -0.4 is 5.32 Å². The highest BCUT2D eigenvalue weighted by Crippen LogP contribution is 2.12. The molecule has 1 N–H and O–H groups in total. The van der Waals surface area contributed by atoms with Gasteiger partial charge in [0.2, 0.25) is 0 Å². The maximum atomic E-state index is 3.46. The largest absolute Gasteiger partial charge is 0.381 e. The van der Waals surface area contributed by atoms with E-state index in [9.17, 15) is 0 Å². The Morgan fingerprint density at radius 3 is 2.46 bits per heavy atom. The highest BCUT2D eigenvalue weighted by atomic mass is 15.1. The molecule has 0 heterocycles. The third kappa shape index (κ3) is 8.05. The van der Waals surface area contributed by atoms with Crippen molar-refractivity contribution in [1.82, 2.24) is 4.90 Å². The summed E-state index contributed by atoms with van der Waals surface area (Å²) in [4.78, 5) is 2.29. The van der Waals surface area contributed by atoms with E-state index in [4.69, 9.17) is 0 Å². The molecule has 0 aliphatic rings. The fraction of sp³-hybridized carbons (Fsp3) is 0.333. The molecular formula is C24H30N2. The van der Waals surface area contributed by atoms with E-state index in [0.717, 1.165) is 25.3 Å². The monoisotopic (exact) mass is 346 g/mol. The number of nitrogens with zero attached hydrogens (tertiary/aromatic N) is 1. The first-order valence-corrected chi connectivity index (χ1v) is 9.15. The van der Waals surface area contributed by atoms with Crippen molar-refractivity contribution in [1.29, 1.82) is 0 Å². The zero-order chi connectivity index (χ0) is 18.8. The first-order chi connectivity index (χ1) is 12.4. The third-order valence-electron chi connectivity index (χ3n) is 3.78. The molecule has 0 saturated heterocycles. The average Bonchev–Trinajstić information content (AvgIpc) is 2.60. The van der Waals surface area contributed by atoms with E-state index in [2.05, 4.69) is 92.4 Å². The standard InChI is InChI=1S/C24H30N2/c1-24(2,3)16-9-6-10-17-26(4)20-22-13-11-12-21(18-22)19-25-23-14-7-5-8-15-23/h5-8,10-15,18,25H,17,19-20H2,1-4H3/b10-6+. The van der Waals surface area contributed by atoms with E-state index < -0.39 is 0 Å². The van der Waals surface area contributed by atoms with Crippen LogP contribution in [0.3, 0.4) is 0 Å². The number of benzene rings is 2. The summed E-state index contributed by atoms with van der Waals surface area (Å²) in [5.41, 5.74) is 3.83. The number of allylic oxidation sites excluding steroid dienone is 1. The smallest absolute Gasteiger partial charge is 0.0400 e. The van der Waals surface area contributed by atoms with Crippen molar-refractivity contribution in [2.45, 2.75) is 33.9 Å². The highest BCUT2D eigenvalue weighted by molar-refractivity contribution is 5.43. The number of likely N-dealkylation sites (N-methyl/N-ethyl adjacent to an activating group) is 1. The van der Waals surface area contributed by atoms with Gasteiger partial charge in [0, 0.05) is 30.7 Å². The Hall–Kier alpha value is -2.50. The van der Waals surface area contributed by atoms with Crippen molar-refractivity contribution in [3.05, 3.63) is 77.9 Å². The highest BCUT2D eigenvalue weighted by Gasteiger charge is 2.02. The van der Waals surface area contributed by atoms with Gasteiger partial charge in [-0.1, -0.05) is 60.4 Å². The van der Waals surface area contributed by atoms with Crippen LogP contribution >= 0.6 is 0 Å². The molecule has 0 bridgehead atoms. The molecule has 0 fully saturated rings. The molecule has 0 amide bonds. The number of para-hydroxylation sites is 1. The summed E-state index contributed by atoms with van der Waals surface area (Å²) in [7, 11) is 2.14. The average molecular weight is 347 g/mol. The fourth-order valence-electron chi connectivity index (χ4n) is 2.52. The minimum Gasteiger partial charge on any atom is -0.381 e. The van der Waals surface area contributed by atoms with Crippen LogP contribution in [0.4, 0.5) is 5.69 Å². The van der Waals surface area contributed by atoms with Gasteiger partial charge in [0.1, 0.15) is 0 Å². The summed E-state index contributed by atoms with van der Waals surface area (Å²) in [6.07, 6.45) is 4.08. The lowest BCUT2D eigenvalue weighted by atomic mass is 9.98. The van der Waals surface area contributed by atoms with Crippen LogP contribution in [-0.4, -0.2) is 18.5 Å².